The number of aliphatic hydroxyl groups is 4. The van der Waals surface area contributed by atoms with Crippen LogP contribution in [-0.4, -0.2) is 46.2 Å². The Morgan fingerprint density at radius 2 is 1.20 bits per heavy atom. The van der Waals surface area contributed by atoms with Crippen molar-refractivity contribution >= 4 is 0 Å². The second-order valence-corrected chi connectivity index (χ2v) is 1.47. The third kappa shape index (κ3) is 4.62. The molecule has 6 heteroatoms. The molecule has 2 atom stereocenters. The average Bonchev–Trinajstić information content (AvgIpc) is 1.99. The minimum absolute atomic E-state index is 0.641. The molecule has 0 heterocycles. The Labute approximate surface area is 57.2 Å². The van der Waals surface area contributed by atoms with Crippen molar-refractivity contribution in [3.05, 3.63) is 0 Å². The van der Waals surface area contributed by atoms with E-state index in [9.17, 15) is 0 Å². The van der Waals surface area contributed by atoms with Crippen molar-refractivity contribution in [2.24, 2.45) is 0 Å². The van der Waals surface area contributed by atoms with Gasteiger partial charge in [0.25, 0.3) is 0 Å². The summed E-state index contributed by atoms with van der Waals surface area (Å²) >= 11 is 0. The van der Waals surface area contributed by atoms with E-state index in [0.29, 0.717) is 0 Å². The zero-order valence-corrected chi connectivity index (χ0v) is 5.17. The van der Waals surface area contributed by atoms with Gasteiger partial charge in [-0.2, -0.15) is 9.78 Å². The van der Waals surface area contributed by atoms with E-state index in [1.54, 1.807) is 0 Å². The first-order valence-corrected chi connectivity index (χ1v) is 2.60. The largest absolute Gasteiger partial charge is 0.391 e. The maximum Gasteiger partial charge on any atom is 0.212 e. The normalized spacial score (nSPS) is 16.8. The highest BCUT2D eigenvalue weighted by Crippen LogP contribution is 1.90. The Kier molecular flexibility index (Phi) is 5.40. The second-order valence-electron chi connectivity index (χ2n) is 1.47. The third-order valence-electron chi connectivity index (χ3n) is 0.590. The fourth-order valence-electron chi connectivity index (χ4n) is 0.189. The summed E-state index contributed by atoms with van der Waals surface area (Å²) in [7, 11) is 0. The van der Waals surface area contributed by atoms with Gasteiger partial charge in [-0.3, -0.25) is 0 Å². The van der Waals surface area contributed by atoms with Crippen molar-refractivity contribution in [1.82, 2.24) is 0 Å². The monoisotopic (exact) mass is 154 g/mol. The summed E-state index contributed by atoms with van der Waals surface area (Å²) in [6.07, 6.45) is -3.00. The summed E-state index contributed by atoms with van der Waals surface area (Å²) in [4.78, 5) is 7.88. The van der Waals surface area contributed by atoms with E-state index in [-0.39, 0.29) is 0 Å². The van der Waals surface area contributed by atoms with Gasteiger partial charge >= 0.3 is 0 Å². The van der Waals surface area contributed by atoms with Crippen LogP contribution in [0.5, 0.6) is 0 Å². The predicted octanol–water partition coefficient (Wildman–Crippen LogP) is -2.44. The molecular formula is C4H10O6. The number of hydrogen-bond donors (Lipinski definition) is 4. The first-order valence-electron chi connectivity index (χ1n) is 2.60. The molecule has 0 fully saturated rings. The summed E-state index contributed by atoms with van der Waals surface area (Å²) in [6.45, 7) is -1.28. The van der Waals surface area contributed by atoms with E-state index < -0.39 is 25.8 Å². The summed E-state index contributed by atoms with van der Waals surface area (Å²) in [5.41, 5.74) is 0. The van der Waals surface area contributed by atoms with Crippen LogP contribution in [0.3, 0.4) is 0 Å². The van der Waals surface area contributed by atoms with Gasteiger partial charge in [0, 0.05) is 0 Å². The van der Waals surface area contributed by atoms with E-state index in [4.69, 9.17) is 20.4 Å². The Balaban J connectivity index is 3.17. The van der Waals surface area contributed by atoms with Crippen LogP contribution in [0.25, 0.3) is 0 Å². The Morgan fingerprint density at radius 3 is 1.40 bits per heavy atom. The zero-order valence-electron chi connectivity index (χ0n) is 5.17. The van der Waals surface area contributed by atoms with Crippen molar-refractivity contribution in [3.8, 4) is 0 Å². The zero-order chi connectivity index (χ0) is 7.98. The van der Waals surface area contributed by atoms with Crippen LogP contribution >= 0.6 is 0 Å². The van der Waals surface area contributed by atoms with Gasteiger partial charge in [0.15, 0.2) is 0 Å². The highest BCUT2D eigenvalue weighted by molar-refractivity contribution is 4.29. The second kappa shape index (κ2) is 5.54. The van der Waals surface area contributed by atoms with Crippen LogP contribution in [0.2, 0.25) is 0 Å². The van der Waals surface area contributed by atoms with Gasteiger partial charge in [-0.15, -0.1) is 0 Å². The molecule has 6 nitrogen and oxygen atoms in total. The lowest BCUT2D eigenvalue weighted by molar-refractivity contribution is -0.429. The van der Waals surface area contributed by atoms with Crippen molar-refractivity contribution in [1.29, 1.82) is 0 Å². The van der Waals surface area contributed by atoms with Crippen molar-refractivity contribution in [2.75, 3.05) is 13.2 Å². The lowest BCUT2D eigenvalue weighted by Crippen LogP contribution is -2.23. The van der Waals surface area contributed by atoms with E-state index in [0.717, 1.165) is 0 Å². The first-order chi connectivity index (χ1) is 4.70. The smallest absolute Gasteiger partial charge is 0.212 e. The first kappa shape index (κ1) is 9.76. The van der Waals surface area contributed by atoms with Gasteiger partial charge < -0.3 is 20.4 Å². The molecule has 62 valence electrons. The SMILES string of the molecule is OCC(O)OOC(O)CO. The highest BCUT2D eigenvalue weighted by Gasteiger charge is 2.07. The van der Waals surface area contributed by atoms with Crippen LogP contribution in [-0.2, 0) is 9.78 Å². The predicted molar refractivity (Wildman–Crippen MR) is 28.4 cm³/mol. The summed E-state index contributed by atoms with van der Waals surface area (Å²) in [6, 6.07) is 0. The van der Waals surface area contributed by atoms with Gasteiger partial charge in [0.2, 0.25) is 12.6 Å². The van der Waals surface area contributed by atoms with Crippen molar-refractivity contribution < 1.29 is 30.2 Å². The summed E-state index contributed by atoms with van der Waals surface area (Å²) in [5, 5.41) is 33.1. The molecule has 0 amide bonds. The summed E-state index contributed by atoms with van der Waals surface area (Å²) < 4.78 is 0. The molecule has 2 unspecified atom stereocenters. The Bertz CT molecular complexity index is 66.1. The van der Waals surface area contributed by atoms with Gasteiger partial charge in [0.1, 0.15) is 0 Å². The quantitative estimate of drug-likeness (QED) is 0.199. The lowest BCUT2D eigenvalue weighted by Gasteiger charge is -2.10. The van der Waals surface area contributed by atoms with Gasteiger partial charge in [0.05, 0.1) is 13.2 Å². The average molecular weight is 154 g/mol. The number of rotatable bonds is 5. The fraction of sp³-hybridized carbons (Fsp3) is 1.00. The fourth-order valence-corrected chi connectivity index (χ4v) is 0.189. The lowest BCUT2D eigenvalue weighted by atomic mass is 10.7. The van der Waals surface area contributed by atoms with E-state index >= 15 is 0 Å². The van der Waals surface area contributed by atoms with Gasteiger partial charge in [-0.05, 0) is 0 Å². The summed E-state index contributed by atoms with van der Waals surface area (Å²) in [5.74, 6) is 0. The van der Waals surface area contributed by atoms with E-state index in [2.05, 4.69) is 9.78 Å². The molecule has 0 aromatic carbocycles. The minimum Gasteiger partial charge on any atom is -0.391 e. The Hall–Kier alpha value is -0.240. The number of aliphatic hydroxyl groups excluding tert-OH is 4. The molecule has 4 N–H and O–H groups in total. The van der Waals surface area contributed by atoms with Crippen LogP contribution in [0.15, 0.2) is 0 Å². The molecule has 0 bridgehead atoms. The topological polar surface area (TPSA) is 99.4 Å². The van der Waals surface area contributed by atoms with E-state index in [1.165, 1.54) is 0 Å². The number of hydrogen-bond acceptors (Lipinski definition) is 6. The molecular weight excluding hydrogens is 144 g/mol. The molecule has 10 heavy (non-hydrogen) atoms. The molecule has 0 radical (unpaired) electrons. The molecule has 0 saturated carbocycles. The van der Waals surface area contributed by atoms with E-state index in [1.807, 2.05) is 0 Å². The molecule has 0 aliphatic carbocycles. The van der Waals surface area contributed by atoms with Crippen molar-refractivity contribution in [3.63, 3.8) is 0 Å². The minimum atomic E-state index is -1.50. The molecule has 0 aromatic heterocycles. The molecule has 0 aliphatic heterocycles. The van der Waals surface area contributed by atoms with Crippen LogP contribution in [0, 0.1) is 0 Å². The van der Waals surface area contributed by atoms with Crippen LogP contribution < -0.4 is 0 Å². The molecule has 0 spiro atoms. The third-order valence-corrected chi connectivity index (χ3v) is 0.590. The highest BCUT2D eigenvalue weighted by atomic mass is 17.2. The van der Waals surface area contributed by atoms with Gasteiger partial charge in [-0.1, -0.05) is 0 Å². The molecule has 0 saturated heterocycles. The maximum absolute atomic E-state index is 8.41. The molecule has 0 rings (SSSR count). The standard InChI is InChI=1S/C4H10O6/c5-1-3(7)9-10-4(8)2-6/h3-8H,1-2H2. The van der Waals surface area contributed by atoms with Crippen molar-refractivity contribution in [2.45, 2.75) is 12.6 Å². The van der Waals surface area contributed by atoms with Crippen LogP contribution in [0.1, 0.15) is 0 Å². The maximum atomic E-state index is 8.41. The molecule has 0 aliphatic rings. The van der Waals surface area contributed by atoms with Gasteiger partial charge in [-0.25, -0.2) is 0 Å². The molecule has 0 aromatic rings. The Morgan fingerprint density at radius 1 is 0.900 bits per heavy atom. The van der Waals surface area contributed by atoms with Crippen LogP contribution in [0.4, 0.5) is 0 Å².